The first kappa shape index (κ1) is 9.52. The van der Waals surface area contributed by atoms with Crippen molar-refractivity contribution in [2.45, 2.75) is 37.8 Å². The van der Waals surface area contributed by atoms with Crippen molar-refractivity contribution in [1.82, 2.24) is 15.5 Å². The molecule has 2 N–H and O–H groups in total. The van der Waals surface area contributed by atoms with Crippen molar-refractivity contribution >= 4 is 0 Å². The summed E-state index contributed by atoms with van der Waals surface area (Å²) < 4.78 is 5.72. The third kappa shape index (κ3) is 2.26. The fourth-order valence-electron chi connectivity index (χ4n) is 1.95. The van der Waals surface area contributed by atoms with Gasteiger partial charge in [0.05, 0.1) is 0 Å². The van der Waals surface area contributed by atoms with E-state index in [0.717, 1.165) is 18.7 Å². The molecule has 14 heavy (non-hydrogen) atoms. The zero-order valence-electron chi connectivity index (χ0n) is 8.49. The Hall–Kier alpha value is -1.03. The van der Waals surface area contributed by atoms with Crippen LogP contribution in [-0.2, 0) is 0 Å². The van der Waals surface area contributed by atoms with Gasteiger partial charge in [-0.3, -0.25) is 5.10 Å². The van der Waals surface area contributed by atoms with Crippen LogP contribution in [0.2, 0.25) is 0 Å². The van der Waals surface area contributed by atoms with Crippen LogP contribution in [0.3, 0.4) is 0 Å². The molecule has 0 atom stereocenters. The van der Waals surface area contributed by atoms with Crippen molar-refractivity contribution in [3.05, 3.63) is 12.3 Å². The molecular weight excluding hydrogens is 178 g/mol. The van der Waals surface area contributed by atoms with E-state index in [1.54, 1.807) is 6.20 Å². The minimum absolute atomic E-state index is 0.350. The molecule has 0 unspecified atom stereocenters. The van der Waals surface area contributed by atoms with Gasteiger partial charge in [0.15, 0.2) is 0 Å². The smallest absolute Gasteiger partial charge is 0.232 e. The molecule has 4 nitrogen and oxygen atoms in total. The van der Waals surface area contributed by atoms with Gasteiger partial charge in [-0.1, -0.05) is 0 Å². The second kappa shape index (κ2) is 4.46. The number of rotatable bonds is 3. The summed E-state index contributed by atoms with van der Waals surface area (Å²) in [5, 5.41) is 10.0. The summed E-state index contributed by atoms with van der Waals surface area (Å²) in [4.78, 5) is 0. The summed E-state index contributed by atoms with van der Waals surface area (Å²) in [5.41, 5.74) is 0. The minimum atomic E-state index is 0.350. The van der Waals surface area contributed by atoms with Crippen molar-refractivity contribution < 1.29 is 4.74 Å². The molecule has 0 saturated heterocycles. The number of nitrogens with zero attached hydrogens (tertiary/aromatic N) is 1. The summed E-state index contributed by atoms with van der Waals surface area (Å²) >= 11 is 0. The lowest BCUT2D eigenvalue weighted by molar-refractivity contribution is 0.136. The lowest BCUT2D eigenvalue weighted by Gasteiger charge is -2.27. The Labute approximate surface area is 84.0 Å². The highest BCUT2D eigenvalue weighted by Crippen LogP contribution is 2.22. The van der Waals surface area contributed by atoms with Crippen LogP contribution >= 0.6 is 0 Å². The van der Waals surface area contributed by atoms with E-state index < -0.39 is 0 Å². The lowest BCUT2D eigenvalue weighted by atomic mass is 9.93. The number of hydrogen-bond acceptors (Lipinski definition) is 3. The lowest BCUT2D eigenvalue weighted by Crippen LogP contribution is -2.34. The zero-order valence-corrected chi connectivity index (χ0v) is 8.49. The van der Waals surface area contributed by atoms with Gasteiger partial charge >= 0.3 is 0 Å². The van der Waals surface area contributed by atoms with Crippen LogP contribution in [0.4, 0.5) is 0 Å². The van der Waals surface area contributed by atoms with Gasteiger partial charge in [0.2, 0.25) is 5.88 Å². The van der Waals surface area contributed by atoms with Crippen LogP contribution in [0.5, 0.6) is 5.88 Å². The second-order valence-electron chi connectivity index (χ2n) is 3.79. The molecule has 0 aromatic carbocycles. The number of aromatic amines is 1. The summed E-state index contributed by atoms with van der Waals surface area (Å²) in [7, 11) is 2.03. The second-order valence-corrected chi connectivity index (χ2v) is 3.79. The molecule has 1 aromatic heterocycles. The van der Waals surface area contributed by atoms with E-state index in [1.807, 2.05) is 13.1 Å². The summed E-state index contributed by atoms with van der Waals surface area (Å²) in [6.45, 7) is 0. The fourth-order valence-corrected chi connectivity index (χ4v) is 1.95. The van der Waals surface area contributed by atoms with E-state index in [-0.39, 0.29) is 0 Å². The number of aromatic nitrogens is 2. The van der Waals surface area contributed by atoms with E-state index in [9.17, 15) is 0 Å². The average Bonchev–Trinajstić information content (AvgIpc) is 2.72. The molecule has 4 heteroatoms. The van der Waals surface area contributed by atoms with Crippen LogP contribution in [0, 0.1) is 0 Å². The maximum atomic E-state index is 5.72. The number of ether oxygens (including phenoxy) is 1. The van der Waals surface area contributed by atoms with Crippen molar-refractivity contribution in [1.29, 1.82) is 0 Å². The number of H-pyrrole nitrogens is 1. The van der Waals surface area contributed by atoms with Gasteiger partial charge in [-0.25, -0.2) is 0 Å². The first-order chi connectivity index (χ1) is 6.88. The first-order valence-electron chi connectivity index (χ1n) is 5.22. The van der Waals surface area contributed by atoms with E-state index >= 15 is 0 Å². The van der Waals surface area contributed by atoms with E-state index in [0.29, 0.717) is 12.1 Å². The predicted molar refractivity (Wildman–Crippen MR) is 54.3 cm³/mol. The molecule has 0 bridgehead atoms. The van der Waals surface area contributed by atoms with Gasteiger partial charge in [0, 0.05) is 18.3 Å². The van der Waals surface area contributed by atoms with Crippen LogP contribution in [0.1, 0.15) is 25.7 Å². The highest BCUT2D eigenvalue weighted by Gasteiger charge is 2.21. The average molecular weight is 195 g/mol. The van der Waals surface area contributed by atoms with Crippen LogP contribution < -0.4 is 10.1 Å². The maximum Gasteiger partial charge on any atom is 0.232 e. The monoisotopic (exact) mass is 195 g/mol. The molecule has 78 valence electrons. The normalized spacial score (nSPS) is 27.5. The molecule has 1 heterocycles. The minimum Gasteiger partial charge on any atom is -0.473 e. The number of hydrogen-bond donors (Lipinski definition) is 2. The maximum absolute atomic E-state index is 5.72. The van der Waals surface area contributed by atoms with E-state index in [2.05, 4.69) is 15.5 Å². The molecule has 2 rings (SSSR count). The molecule has 0 spiro atoms. The fraction of sp³-hybridized carbons (Fsp3) is 0.700. The largest absolute Gasteiger partial charge is 0.473 e. The van der Waals surface area contributed by atoms with E-state index in [1.165, 1.54) is 12.8 Å². The number of nitrogens with one attached hydrogen (secondary N) is 2. The van der Waals surface area contributed by atoms with Crippen molar-refractivity contribution in [3.63, 3.8) is 0 Å². The third-order valence-corrected chi connectivity index (χ3v) is 2.85. The first-order valence-corrected chi connectivity index (χ1v) is 5.22. The third-order valence-electron chi connectivity index (χ3n) is 2.85. The Morgan fingerprint density at radius 2 is 2.21 bits per heavy atom. The van der Waals surface area contributed by atoms with Gasteiger partial charge in [0.25, 0.3) is 0 Å². The summed E-state index contributed by atoms with van der Waals surface area (Å²) in [5.74, 6) is 0.720. The zero-order chi connectivity index (χ0) is 9.80. The van der Waals surface area contributed by atoms with Crippen LogP contribution in [0.15, 0.2) is 12.3 Å². The molecule has 1 aromatic rings. The molecule has 1 aliphatic rings. The molecule has 1 saturated carbocycles. The molecular formula is C10H17N3O. The van der Waals surface area contributed by atoms with Gasteiger partial charge in [-0.2, -0.15) is 0 Å². The van der Waals surface area contributed by atoms with Crippen molar-refractivity contribution in [2.24, 2.45) is 0 Å². The molecule has 0 amide bonds. The summed E-state index contributed by atoms with van der Waals surface area (Å²) in [6, 6.07) is 2.54. The predicted octanol–water partition coefficient (Wildman–Crippen LogP) is 1.32. The van der Waals surface area contributed by atoms with Crippen molar-refractivity contribution in [3.8, 4) is 5.88 Å². The topological polar surface area (TPSA) is 49.9 Å². The van der Waals surface area contributed by atoms with Crippen molar-refractivity contribution in [2.75, 3.05) is 7.05 Å². The van der Waals surface area contributed by atoms with Crippen LogP contribution in [0.25, 0.3) is 0 Å². The molecule has 0 radical (unpaired) electrons. The van der Waals surface area contributed by atoms with Gasteiger partial charge in [-0.05, 0) is 32.7 Å². The Kier molecular flexibility index (Phi) is 3.03. The Morgan fingerprint density at radius 1 is 1.43 bits per heavy atom. The Morgan fingerprint density at radius 3 is 2.79 bits per heavy atom. The molecule has 1 fully saturated rings. The Bertz CT molecular complexity index is 252. The van der Waals surface area contributed by atoms with Gasteiger partial charge < -0.3 is 10.1 Å². The highest BCUT2D eigenvalue weighted by atomic mass is 16.5. The Balaban J connectivity index is 1.79. The standard InChI is InChI=1S/C10H17N3O/c1-11-8-2-4-9(5-3-8)14-10-6-7-12-13-10/h6-9,11H,2-5H2,1H3,(H,12,13)/t8-,9-. The summed E-state index contributed by atoms with van der Waals surface area (Å²) in [6.07, 6.45) is 6.78. The SMILES string of the molecule is CN[C@H]1CC[C@H](Oc2cc[nH]n2)CC1. The molecule has 0 aliphatic heterocycles. The van der Waals surface area contributed by atoms with Crippen LogP contribution in [-0.4, -0.2) is 29.4 Å². The van der Waals surface area contributed by atoms with Gasteiger partial charge in [0.1, 0.15) is 6.10 Å². The van der Waals surface area contributed by atoms with E-state index in [4.69, 9.17) is 4.74 Å². The quantitative estimate of drug-likeness (QED) is 0.764. The van der Waals surface area contributed by atoms with Gasteiger partial charge in [-0.15, -0.1) is 5.10 Å². The molecule has 1 aliphatic carbocycles. The highest BCUT2D eigenvalue weighted by molar-refractivity contribution is 5.05.